The SMILES string of the molecule is CCCc1[nH]nc(C(=O)N2CCCC3CCCC32)c1N. The van der Waals surface area contributed by atoms with Crippen LogP contribution in [0.1, 0.15) is 61.6 Å². The lowest BCUT2D eigenvalue weighted by Crippen LogP contribution is -2.46. The summed E-state index contributed by atoms with van der Waals surface area (Å²) in [5.74, 6) is 0.723. The lowest BCUT2D eigenvalue weighted by atomic mass is 9.91. The minimum absolute atomic E-state index is 0.0257. The number of rotatable bonds is 3. The van der Waals surface area contributed by atoms with E-state index in [-0.39, 0.29) is 5.91 Å². The summed E-state index contributed by atoms with van der Waals surface area (Å²) in [6.45, 7) is 2.95. The van der Waals surface area contributed by atoms with Crippen LogP contribution in [-0.2, 0) is 6.42 Å². The topological polar surface area (TPSA) is 75.0 Å². The summed E-state index contributed by atoms with van der Waals surface area (Å²) in [6.07, 6.45) is 7.88. The van der Waals surface area contributed by atoms with Gasteiger partial charge in [0.25, 0.3) is 5.91 Å². The normalized spacial score (nSPS) is 25.8. The Kier molecular flexibility index (Phi) is 3.68. The largest absolute Gasteiger partial charge is 0.395 e. The van der Waals surface area contributed by atoms with Crippen molar-refractivity contribution in [1.82, 2.24) is 15.1 Å². The summed E-state index contributed by atoms with van der Waals surface area (Å²) in [5.41, 5.74) is 7.98. The second kappa shape index (κ2) is 5.46. The molecule has 5 nitrogen and oxygen atoms in total. The van der Waals surface area contributed by atoms with Crippen LogP contribution in [0.25, 0.3) is 0 Å². The molecule has 0 radical (unpaired) electrons. The third-order valence-corrected chi connectivity index (χ3v) is 4.84. The number of aromatic amines is 1. The van der Waals surface area contributed by atoms with Gasteiger partial charge in [0.15, 0.2) is 5.69 Å². The van der Waals surface area contributed by atoms with E-state index in [9.17, 15) is 4.79 Å². The second-order valence-corrected chi connectivity index (χ2v) is 6.11. The molecule has 1 saturated heterocycles. The minimum atomic E-state index is 0.0257. The molecule has 5 heteroatoms. The summed E-state index contributed by atoms with van der Waals surface area (Å²) in [6, 6.07) is 0.418. The molecule has 0 bridgehead atoms. The molecule has 1 aliphatic carbocycles. The summed E-state index contributed by atoms with van der Waals surface area (Å²) in [7, 11) is 0. The number of nitrogens with zero attached hydrogens (tertiary/aromatic N) is 2. The lowest BCUT2D eigenvalue weighted by molar-refractivity contribution is 0.0543. The maximum Gasteiger partial charge on any atom is 0.276 e. The highest BCUT2D eigenvalue weighted by atomic mass is 16.2. The summed E-state index contributed by atoms with van der Waals surface area (Å²) in [4.78, 5) is 14.8. The van der Waals surface area contributed by atoms with E-state index in [4.69, 9.17) is 5.73 Å². The average Bonchev–Trinajstić information content (AvgIpc) is 3.06. The highest BCUT2D eigenvalue weighted by Crippen LogP contribution is 2.37. The van der Waals surface area contributed by atoms with Crippen LogP contribution in [0.2, 0.25) is 0 Å². The number of nitrogens with two attached hydrogens (primary N) is 1. The Balaban J connectivity index is 1.81. The van der Waals surface area contributed by atoms with E-state index < -0.39 is 0 Å². The molecule has 20 heavy (non-hydrogen) atoms. The van der Waals surface area contributed by atoms with E-state index in [2.05, 4.69) is 17.1 Å². The predicted octanol–water partition coefficient (Wildman–Crippen LogP) is 2.35. The van der Waals surface area contributed by atoms with Crippen LogP contribution < -0.4 is 5.73 Å². The molecule has 2 heterocycles. The van der Waals surface area contributed by atoms with Crippen molar-refractivity contribution in [3.8, 4) is 0 Å². The number of likely N-dealkylation sites (tertiary alicyclic amines) is 1. The van der Waals surface area contributed by atoms with E-state index in [0.29, 0.717) is 23.3 Å². The van der Waals surface area contributed by atoms with Gasteiger partial charge < -0.3 is 10.6 Å². The average molecular weight is 276 g/mol. The Labute approximate surface area is 119 Å². The van der Waals surface area contributed by atoms with E-state index in [1.54, 1.807) is 0 Å². The number of hydrogen-bond donors (Lipinski definition) is 2. The van der Waals surface area contributed by atoms with Crippen LogP contribution in [0.4, 0.5) is 5.69 Å². The molecule has 2 aliphatic rings. The van der Waals surface area contributed by atoms with Crippen molar-refractivity contribution in [3.05, 3.63) is 11.4 Å². The fourth-order valence-electron chi connectivity index (χ4n) is 3.83. The molecule has 110 valence electrons. The number of carbonyl (C=O) groups is 1. The molecule has 1 aromatic heterocycles. The van der Waals surface area contributed by atoms with Crippen molar-refractivity contribution in [3.63, 3.8) is 0 Å². The van der Waals surface area contributed by atoms with Crippen LogP contribution in [-0.4, -0.2) is 33.6 Å². The van der Waals surface area contributed by atoms with E-state index >= 15 is 0 Å². The smallest absolute Gasteiger partial charge is 0.276 e. The van der Waals surface area contributed by atoms with E-state index in [1.807, 2.05) is 4.90 Å². The number of amides is 1. The number of fused-ring (bicyclic) bond motifs is 1. The zero-order chi connectivity index (χ0) is 14.1. The van der Waals surface area contributed by atoms with Gasteiger partial charge in [0.2, 0.25) is 0 Å². The van der Waals surface area contributed by atoms with Gasteiger partial charge in [0.1, 0.15) is 0 Å². The zero-order valence-corrected chi connectivity index (χ0v) is 12.2. The first-order valence-corrected chi connectivity index (χ1v) is 7.86. The minimum Gasteiger partial charge on any atom is -0.395 e. The number of H-pyrrole nitrogens is 1. The first-order chi connectivity index (χ1) is 9.72. The first-order valence-electron chi connectivity index (χ1n) is 7.86. The number of nitrogens with one attached hydrogen (secondary N) is 1. The summed E-state index contributed by atoms with van der Waals surface area (Å²) in [5, 5.41) is 7.11. The molecule has 2 unspecified atom stereocenters. The highest BCUT2D eigenvalue weighted by Gasteiger charge is 2.38. The fraction of sp³-hybridized carbons (Fsp3) is 0.733. The molecule has 3 rings (SSSR count). The molecule has 1 aliphatic heterocycles. The number of aromatic nitrogens is 2. The van der Waals surface area contributed by atoms with E-state index in [1.165, 1.54) is 19.3 Å². The third kappa shape index (κ3) is 2.19. The molecule has 2 atom stereocenters. The number of hydrogen-bond acceptors (Lipinski definition) is 3. The van der Waals surface area contributed by atoms with Crippen LogP contribution in [0, 0.1) is 5.92 Å². The van der Waals surface area contributed by atoms with Gasteiger partial charge in [-0.3, -0.25) is 9.89 Å². The van der Waals surface area contributed by atoms with Gasteiger partial charge in [0.05, 0.1) is 11.4 Å². The van der Waals surface area contributed by atoms with Gasteiger partial charge in [-0.25, -0.2) is 0 Å². The van der Waals surface area contributed by atoms with Gasteiger partial charge in [0, 0.05) is 12.6 Å². The van der Waals surface area contributed by atoms with Crippen molar-refractivity contribution in [1.29, 1.82) is 0 Å². The molecule has 0 aromatic carbocycles. The third-order valence-electron chi connectivity index (χ3n) is 4.84. The maximum atomic E-state index is 12.7. The van der Waals surface area contributed by atoms with Gasteiger partial charge in [-0.2, -0.15) is 5.10 Å². The summed E-state index contributed by atoms with van der Waals surface area (Å²) >= 11 is 0. The molecule has 0 spiro atoms. The second-order valence-electron chi connectivity index (χ2n) is 6.11. The first kappa shape index (κ1) is 13.5. The molecular weight excluding hydrogens is 252 g/mol. The number of piperidine rings is 1. The highest BCUT2D eigenvalue weighted by molar-refractivity contribution is 5.97. The predicted molar refractivity (Wildman–Crippen MR) is 78.4 cm³/mol. The molecule has 1 saturated carbocycles. The Morgan fingerprint density at radius 1 is 1.40 bits per heavy atom. The summed E-state index contributed by atoms with van der Waals surface area (Å²) < 4.78 is 0. The van der Waals surface area contributed by atoms with Crippen molar-refractivity contribution in [2.75, 3.05) is 12.3 Å². The molecular formula is C15H24N4O. The fourth-order valence-corrected chi connectivity index (χ4v) is 3.83. The molecule has 3 N–H and O–H groups in total. The van der Waals surface area contributed by atoms with Crippen molar-refractivity contribution in [2.24, 2.45) is 5.92 Å². The van der Waals surface area contributed by atoms with Crippen LogP contribution in [0.3, 0.4) is 0 Å². The van der Waals surface area contributed by atoms with Gasteiger partial charge in [-0.05, 0) is 38.0 Å². The maximum absolute atomic E-state index is 12.7. The Morgan fingerprint density at radius 2 is 2.20 bits per heavy atom. The number of aryl methyl sites for hydroxylation is 1. The van der Waals surface area contributed by atoms with Crippen LogP contribution >= 0.6 is 0 Å². The van der Waals surface area contributed by atoms with Crippen LogP contribution in [0.15, 0.2) is 0 Å². The van der Waals surface area contributed by atoms with Crippen molar-refractivity contribution >= 4 is 11.6 Å². The Bertz CT molecular complexity index is 496. The Morgan fingerprint density at radius 3 is 3.00 bits per heavy atom. The number of carbonyl (C=O) groups excluding carboxylic acids is 1. The molecule has 2 fully saturated rings. The number of anilines is 1. The van der Waals surface area contributed by atoms with Gasteiger partial charge in [-0.15, -0.1) is 0 Å². The number of nitrogen functional groups attached to an aromatic ring is 1. The lowest BCUT2D eigenvalue weighted by Gasteiger charge is -2.37. The molecule has 1 amide bonds. The monoisotopic (exact) mass is 276 g/mol. The molecule has 1 aromatic rings. The van der Waals surface area contributed by atoms with Gasteiger partial charge in [-0.1, -0.05) is 19.8 Å². The van der Waals surface area contributed by atoms with E-state index in [0.717, 1.165) is 37.9 Å². The van der Waals surface area contributed by atoms with Crippen molar-refractivity contribution < 1.29 is 4.79 Å². The van der Waals surface area contributed by atoms with Crippen molar-refractivity contribution in [2.45, 2.75) is 57.9 Å². The zero-order valence-electron chi connectivity index (χ0n) is 12.2. The Hall–Kier alpha value is -1.52. The standard InChI is InChI=1S/C15H24N4O/c1-2-5-11-13(16)14(18-17-11)15(20)19-9-4-7-10-6-3-8-12(10)19/h10,12H,2-9,16H2,1H3,(H,17,18). The van der Waals surface area contributed by atoms with Gasteiger partial charge >= 0.3 is 0 Å². The quantitative estimate of drug-likeness (QED) is 0.889. The van der Waals surface area contributed by atoms with Crippen LogP contribution in [0.5, 0.6) is 0 Å².